The molecule has 12 heteroatoms. The number of ether oxygens (including phenoxy) is 1. The quantitative estimate of drug-likeness (QED) is 0.461. The first-order valence-electron chi connectivity index (χ1n) is 10.8. The van der Waals surface area contributed by atoms with Crippen LogP contribution in [0.15, 0.2) is 18.2 Å². The van der Waals surface area contributed by atoms with E-state index in [9.17, 15) is 40.7 Å². The number of piperidine rings is 1. The molecule has 1 aromatic carbocycles. The van der Waals surface area contributed by atoms with Crippen molar-refractivity contribution < 1.29 is 45.5 Å². The van der Waals surface area contributed by atoms with Crippen LogP contribution in [0.3, 0.4) is 0 Å². The molecule has 2 fully saturated rings. The molecular weight excluding hydrogens is 470 g/mol. The van der Waals surface area contributed by atoms with Crippen molar-refractivity contribution in [3.8, 4) is 0 Å². The lowest BCUT2D eigenvalue weighted by Crippen LogP contribution is -2.45. The summed E-state index contributed by atoms with van der Waals surface area (Å²) in [5.74, 6) is -2.58. The van der Waals surface area contributed by atoms with Gasteiger partial charge in [0.25, 0.3) is 0 Å². The molecule has 0 saturated carbocycles. The molecule has 188 valence electrons. The summed E-state index contributed by atoms with van der Waals surface area (Å²) in [5.41, 5.74) is -3.26. The normalized spacial score (nSPS) is 21.7. The monoisotopic (exact) mass is 494 g/mol. The lowest BCUT2D eigenvalue weighted by atomic mass is 9.96. The molecule has 2 aliphatic rings. The molecule has 34 heavy (non-hydrogen) atoms. The summed E-state index contributed by atoms with van der Waals surface area (Å²) in [5, 5.41) is 0. The molecule has 0 aliphatic carbocycles. The molecule has 2 saturated heterocycles. The van der Waals surface area contributed by atoms with E-state index in [0.29, 0.717) is 31.5 Å². The Morgan fingerprint density at radius 1 is 1.00 bits per heavy atom. The predicted molar refractivity (Wildman–Crippen MR) is 106 cm³/mol. The van der Waals surface area contributed by atoms with Gasteiger partial charge in [0, 0.05) is 32.6 Å². The third kappa shape index (κ3) is 6.01. The zero-order chi connectivity index (χ0) is 25.3. The van der Waals surface area contributed by atoms with Gasteiger partial charge in [0.05, 0.1) is 29.6 Å². The Hall–Kier alpha value is -2.79. The van der Waals surface area contributed by atoms with Crippen molar-refractivity contribution in [3.05, 3.63) is 34.9 Å². The highest BCUT2D eigenvalue weighted by Gasteiger charge is 2.40. The maximum atomic E-state index is 13.1. The Morgan fingerprint density at radius 2 is 1.62 bits per heavy atom. The third-order valence-electron chi connectivity index (χ3n) is 5.94. The van der Waals surface area contributed by atoms with E-state index in [4.69, 9.17) is 4.74 Å². The van der Waals surface area contributed by atoms with Crippen LogP contribution in [-0.2, 0) is 38.0 Å². The second-order valence-electron chi connectivity index (χ2n) is 8.46. The van der Waals surface area contributed by atoms with Gasteiger partial charge >= 0.3 is 18.3 Å². The van der Waals surface area contributed by atoms with Crippen molar-refractivity contribution in [1.82, 2.24) is 9.80 Å². The first kappa shape index (κ1) is 25.8. The van der Waals surface area contributed by atoms with Crippen LogP contribution in [0.4, 0.5) is 26.3 Å². The average molecular weight is 494 g/mol. The van der Waals surface area contributed by atoms with Crippen molar-refractivity contribution >= 4 is 17.8 Å². The summed E-state index contributed by atoms with van der Waals surface area (Å²) >= 11 is 0. The lowest BCUT2D eigenvalue weighted by molar-refractivity contribution is -0.152. The Kier molecular flexibility index (Phi) is 7.47. The Labute approximate surface area is 191 Å². The van der Waals surface area contributed by atoms with E-state index in [0.717, 1.165) is 4.90 Å². The Balaban J connectivity index is 1.71. The summed E-state index contributed by atoms with van der Waals surface area (Å²) in [7, 11) is 0. The smallest absolute Gasteiger partial charge is 0.416 e. The van der Waals surface area contributed by atoms with Gasteiger partial charge in [-0.2, -0.15) is 26.3 Å². The zero-order valence-electron chi connectivity index (χ0n) is 18.3. The summed E-state index contributed by atoms with van der Waals surface area (Å²) in [6.07, 6.45) is -9.05. The number of esters is 1. The second-order valence-corrected chi connectivity index (χ2v) is 8.46. The van der Waals surface area contributed by atoms with Gasteiger partial charge in [-0.15, -0.1) is 0 Å². The molecular formula is C22H24F6N2O4. The van der Waals surface area contributed by atoms with Crippen molar-refractivity contribution in [2.75, 3.05) is 26.2 Å². The number of alkyl halides is 6. The first-order valence-corrected chi connectivity index (χ1v) is 10.8. The van der Waals surface area contributed by atoms with E-state index in [-0.39, 0.29) is 43.7 Å². The number of nitrogens with zero attached hydrogens (tertiary/aromatic N) is 2. The molecule has 2 heterocycles. The summed E-state index contributed by atoms with van der Waals surface area (Å²) in [6.45, 7) is 1.80. The molecule has 1 aromatic rings. The molecule has 3 rings (SSSR count). The van der Waals surface area contributed by atoms with Gasteiger partial charge in [-0.05, 0) is 43.5 Å². The van der Waals surface area contributed by atoms with Gasteiger partial charge in [-0.25, -0.2) is 0 Å². The van der Waals surface area contributed by atoms with Gasteiger partial charge in [-0.3, -0.25) is 14.4 Å². The van der Waals surface area contributed by atoms with E-state index >= 15 is 0 Å². The fraction of sp³-hybridized carbons (Fsp3) is 0.591. The van der Waals surface area contributed by atoms with E-state index in [1.807, 2.05) is 0 Å². The molecule has 0 spiro atoms. The lowest BCUT2D eigenvalue weighted by Gasteiger charge is -2.33. The molecule has 2 atom stereocenters. The summed E-state index contributed by atoms with van der Waals surface area (Å²) < 4.78 is 83.6. The highest BCUT2D eigenvalue weighted by molar-refractivity contribution is 5.89. The molecule has 0 radical (unpaired) electrons. The molecule has 2 aliphatic heterocycles. The third-order valence-corrected chi connectivity index (χ3v) is 5.94. The number of carbonyl (C=O) groups is 3. The highest BCUT2D eigenvalue weighted by Crippen LogP contribution is 2.37. The average Bonchev–Trinajstić information content (AvgIpc) is 3.12. The van der Waals surface area contributed by atoms with Gasteiger partial charge in [0.15, 0.2) is 0 Å². The maximum Gasteiger partial charge on any atom is 0.416 e. The van der Waals surface area contributed by atoms with Crippen LogP contribution in [0.2, 0.25) is 0 Å². The number of likely N-dealkylation sites (tertiary alicyclic amines) is 2. The second kappa shape index (κ2) is 9.83. The van der Waals surface area contributed by atoms with E-state index in [1.54, 1.807) is 6.92 Å². The molecule has 6 nitrogen and oxygen atoms in total. The van der Waals surface area contributed by atoms with Gasteiger partial charge in [0.2, 0.25) is 11.8 Å². The molecule has 2 amide bonds. The van der Waals surface area contributed by atoms with Crippen molar-refractivity contribution in [2.24, 2.45) is 11.8 Å². The Bertz CT molecular complexity index is 914. The van der Waals surface area contributed by atoms with Crippen molar-refractivity contribution in [1.29, 1.82) is 0 Å². The number of benzene rings is 1. The fourth-order valence-electron chi connectivity index (χ4n) is 4.31. The van der Waals surface area contributed by atoms with E-state index in [2.05, 4.69) is 0 Å². The van der Waals surface area contributed by atoms with Gasteiger partial charge in [0.1, 0.15) is 0 Å². The summed E-state index contributed by atoms with van der Waals surface area (Å²) in [6, 6.07) is 1.18. The predicted octanol–water partition coefficient (Wildman–Crippen LogP) is 3.87. The van der Waals surface area contributed by atoms with Crippen LogP contribution in [0.25, 0.3) is 0 Å². The number of carbonyl (C=O) groups excluding carboxylic acids is 3. The molecule has 0 aromatic heterocycles. The number of halogens is 6. The number of rotatable bonds is 5. The van der Waals surface area contributed by atoms with Crippen molar-refractivity contribution in [3.63, 3.8) is 0 Å². The van der Waals surface area contributed by atoms with Crippen LogP contribution in [0.5, 0.6) is 0 Å². The molecule has 0 N–H and O–H groups in total. The van der Waals surface area contributed by atoms with Crippen LogP contribution >= 0.6 is 0 Å². The SMILES string of the molecule is CCOC(=O)[C@@H]1CCCN(C(=O)[C@@H]2CC(=O)N(Cc3cc(C(F)(F)F)cc(C(F)(F)F)c3)C2)C1. The van der Waals surface area contributed by atoms with Crippen LogP contribution in [-0.4, -0.2) is 53.8 Å². The van der Waals surface area contributed by atoms with Gasteiger partial charge < -0.3 is 14.5 Å². The van der Waals surface area contributed by atoms with Crippen LogP contribution in [0.1, 0.15) is 42.9 Å². The van der Waals surface area contributed by atoms with E-state index in [1.165, 1.54) is 4.90 Å². The summed E-state index contributed by atoms with van der Waals surface area (Å²) in [4.78, 5) is 39.9. The van der Waals surface area contributed by atoms with E-state index < -0.39 is 53.7 Å². The maximum absolute atomic E-state index is 13.1. The number of amides is 2. The van der Waals surface area contributed by atoms with Crippen molar-refractivity contribution in [2.45, 2.75) is 45.1 Å². The molecule has 0 unspecified atom stereocenters. The Morgan fingerprint density at radius 3 is 2.18 bits per heavy atom. The molecule has 0 bridgehead atoms. The standard InChI is InChI=1S/C22H24F6N2O4/c1-2-34-20(33)14-4-3-5-29(11-14)19(32)15-8-18(31)30(12-15)10-13-6-16(21(23,24)25)9-17(7-13)22(26,27)28/h6-7,9,14-15H,2-5,8,10-12H2,1H3/t14-,15-/m1/s1. The minimum atomic E-state index is -4.99. The number of hydrogen-bond donors (Lipinski definition) is 0. The largest absolute Gasteiger partial charge is 0.466 e. The first-order chi connectivity index (χ1) is 15.8. The highest BCUT2D eigenvalue weighted by atomic mass is 19.4. The zero-order valence-corrected chi connectivity index (χ0v) is 18.3. The minimum Gasteiger partial charge on any atom is -0.466 e. The fourth-order valence-corrected chi connectivity index (χ4v) is 4.31. The minimum absolute atomic E-state index is 0.0257. The number of hydrogen-bond acceptors (Lipinski definition) is 4. The topological polar surface area (TPSA) is 66.9 Å². The van der Waals surface area contributed by atoms with Crippen LogP contribution in [0, 0.1) is 11.8 Å². The van der Waals surface area contributed by atoms with Crippen LogP contribution < -0.4 is 0 Å². The van der Waals surface area contributed by atoms with Gasteiger partial charge in [-0.1, -0.05) is 0 Å².